The molecule has 0 spiro atoms. The maximum absolute atomic E-state index is 11.1. The van der Waals surface area contributed by atoms with Crippen molar-refractivity contribution in [1.29, 1.82) is 0 Å². The molecule has 0 amide bonds. The molecule has 6 nitrogen and oxygen atoms in total. The number of aliphatic hydroxyl groups excluding tert-OH is 1. The fourth-order valence-electron chi connectivity index (χ4n) is 1.36. The molecule has 0 aliphatic carbocycles. The van der Waals surface area contributed by atoms with Crippen LogP contribution >= 0.6 is 0 Å². The number of carbonyl (C=O) groups excluding carboxylic acids is 3. The van der Waals surface area contributed by atoms with E-state index in [-0.39, 0.29) is 16.8 Å². The summed E-state index contributed by atoms with van der Waals surface area (Å²) in [5.41, 5.74) is 0. The monoisotopic (exact) mass is 327 g/mol. The Bertz CT molecular complexity index is 327. The number of aliphatic hydroxyl groups is 1. The molecule has 0 aromatic carbocycles. The van der Waals surface area contributed by atoms with Gasteiger partial charge in [-0.15, -0.1) is 0 Å². The van der Waals surface area contributed by atoms with Crippen molar-refractivity contribution in [2.24, 2.45) is 0 Å². The van der Waals surface area contributed by atoms with E-state index in [2.05, 4.69) is 9.47 Å². The Hall–Kier alpha value is -0.700. The zero-order valence-corrected chi connectivity index (χ0v) is 9.67. The fourth-order valence-corrected chi connectivity index (χ4v) is 4.63. The molecule has 2 aliphatic heterocycles. The summed E-state index contributed by atoms with van der Waals surface area (Å²) in [7, 11) is 0. The summed E-state index contributed by atoms with van der Waals surface area (Å²) in [6.45, 7) is 0. The first-order chi connectivity index (χ1) is 7.06. The van der Waals surface area contributed by atoms with Crippen molar-refractivity contribution in [3.63, 3.8) is 0 Å². The van der Waals surface area contributed by atoms with Crippen molar-refractivity contribution < 1.29 is 50.2 Å². The van der Waals surface area contributed by atoms with Gasteiger partial charge in [-0.1, -0.05) is 0 Å². The van der Waals surface area contributed by atoms with Crippen molar-refractivity contribution in [2.75, 3.05) is 0 Å². The van der Waals surface area contributed by atoms with E-state index < -0.39 is 49.3 Å². The number of alkyl halides is 2. The third-order valence-electron chi connectivity index (χ3n) is 2.05. The Kier molecular flexibility index (Phi) is 2.91. The van der Waals surface area contributed by atoms with Crippen LogP contribution in [0.1, 0.15) is 12.8 Å². The van der Waals surface area contributed by atoms with Crippen LogP contribution in [-0.4, -0.2) is 37.2 Å². The van der Waals surface area contributed by atoms with Gasteiger partial charge in [0, 0.05) is 0 Å². The molecule has 0 aromatic heterocycles. The molecule has 0 bridgehead atoms. The van der Waals surface area contributed by atoms with Crippen LogP contribution in [0.5, 0.6) is 0 Å². The van der Waals surface area contributed by atoms with E-state index in [1.807, 2.05) is 0 Å². The average molecular weight is 327 g/mol. The molecule has 15 heavy (non-hydrogen) atoms. The van der Waals surface area contributed by atoms with Crippen molar-refractivity contribution in [3.8, 4) is 0 Å². The normalized spacial score (nSPS) is 35.8. The third-order valence-corrected chi connectivity index (χ3v) is 5.85. The molecule has 2 aliphatic rings. The van der Waals surface area contributed by atoms with Crippen molar-refractivity contribution >= 4 is 17.9 Å². The number of esters is 3. The summed E-state index contributed by atoms with van der Waals surface area (Å²) in [6.07, 6.45) is -0.913. The van der Waals surface area contributed by atoms with Crippen LogP contribution < -0.4 is 21.2 Å². The summed E-state index contributed by atoms with van der Waals surface area (Å²) in [6, 6.07) is 0. The average Bonchev–Trinajstić information content (AvgIpc) is 2.58. The van der Waals surface area contributed by atoms with Gasteiger partial charge in [0.15, 0.2) is 0 Å². The zero-order valence-electron chi connectivity index (χ0n) is 7.51. The molecule has 3 unspecified atom stereocenters. The van der Waals surface area contributed by atoms with Gasteiger partial charge in [-0.3, -0.25) is 0 Å². The Morgan fingerprint density at radius 3 is 2.40 bits per heavy atom. The zero-order chi connectivity index (χ0) is 11.0. The van der Waals surface area contributed by atoms with Crippen LogP contribution in [0.15, 0.2) is 0 Å². The molecule has 3 atom stereocenters. The van der Waals surface area contributed by atoms with Gasteiger partial charge in [0.05, 0.1) is 0 Å². The standard InChI is InChI=1S/C8H8IO6/c10-5-1-3(7(12)14-5)9-4-2-6(11)15-8(4)13/h3-4,7,12H,1-2H2/q-1. The first kappa shape index (κ1) is 10.8. The van der Waals surface area contributed by atoms with Gasteiger partial charge in [-0.2, -0.15) is 0 Å². The van der Waals surface area contributed by atoms with Gasteiger partial charge < -0.3 is 0 Å². The van der Waals surface area contributed by atoms with Crippen LogP contribution in [0.2, 0.25) is 0 Å². The quantitative estimate of drug-likeness (QED) is 0.238. The molecule has 1 N–H and O–H groups in total. The Balaban J connectivity index is 1.95. The first-order valence-electron chi connectivity index (χ1n) is 4.30. The summed E-state index contributed by atoms with van der Waals surface area (Å²) < 4.78 is 8.20. The van der Waals surface area contributed by atoms with Gasteiger partial charge in [-0.05, 0) is 0 Å². The van der Waals surface area contributed by atoms with Gasteiger partial charge in [0.25, 0.3) is 0 Å². The first-order valence-corrected chi connectivity index (χ1v) is 6.79. The van der Waals surface area contributed by atoms with Crippen molar-refractivity contribution in [3.05, 3.63) is 0 Å². The number of ether oxygens (including phenoxy) is 2. The van der Waals surface area contributed by atoms with E-state index in [4.69, 9.17) is 0 Å². The molecular weight excluding hydrogens is 319 g/mol. The molecule has 2 heterocycles. The predicted octanol–water partition coefficient (Wildman–Crippen LogP) is -4.45. The van der Waals surface area contributed by atoms with Crippen molar-refractivity contribution in [1.82, 2.24) is 0 Å². The van der Waals surface area contributed by atoms with Crippen LogP contribution in [0.4, 0.5) is 0 Å². The van der Waals surface area contributed by atoms with E-state index in [0.29, 0.717) is 0 Å². The second kappa shape index (κ2) is 4.05. The van der Waals surface area contributed by atoms with E-state index >= 15 is 0 Å². The predicted molar refractivity (Wildman–Crippen MR) is 40.0 cm³/mol. The van der Waals surface area contributed by atoms with Gasteiger partial charge in [0.2, 0.25) is 0 Å². The Labute approximate surface area is 95.2 Å². The van der Waals surface area contributed by atoms with E-state index in [0.717, 1.165) is 0 Å². The number of halogens is 1. The van der Waals surface area contributed by atoms with Gasteiger partial charge in [0.1, 0.15) is 0 Å². The van der Waals surface area contributed by atoms with Crippen molar-refractivity contribution in [2.45, 2.75) is 27.0 Å². The summed E-state index contributed by atoms with van der Waals surface area (Å²) in [5.74, 6) is -1.51. The number of hydrogen-bond acceptors (Lipinski definition) is 6. The van der Waals surface area contributed by atoms with Gasteiger partial charge >= 0.3 is 95.1 Å². The van der Waals surface area contributed by atoms with Gasteiger partial charge in [-0.25, -0.2) is 0 Å². The summed E-state index contributed by atoms with van der Waals surface area (Å²) in [5, 5.41) is 9.32. The molecular formula is C8H8IO6-. The van der Waals surface area contributed by atoms with Crippen LogP contribution in [0, 0.1) is 0 Å². The third kappa shape index (κ3) is 2.28. The van der Waals surface area contributed by atoms with E-state index in [9.17, 15) is 19.5 Å². The SMILES string of the molecule is O=C1CC([I-]C2CC(=O)OC2O)C(=O)O1. The minimum absolute atomic E-state index is 0.0729. The molecule has 84 valence electrons. The number of hydrogen-bond donors (Lipinski definition) is 1. The number of cyclic esters (lactones) is 3. The molecule has 2 rings (SSSR count). The summed E-state index contributed by atoms with van der Waals surface area (Å²) >= 11 is -0.808. The Morgan fingerprint density at radius 2 is 1.93 bits per heavy atom. The molecule has 2 fully saturated rings. The van der Waals surface area contributed by atoms with E-state index in [1.165, 1.54) is 0 Å². The molecule has 7 heteroatoms. The topological polar surface area (TPSA) is 89.9 Å². The Morgan fingerprint density at radius 1 is 1.20 bits per heavy atom. The molecule has 0 radical (unpaired) electrons. The fraction of sp³-hybridized carbons (Fsp3) is 0.625. The number of carbonyl (C=O) groups is 3. The molecule has 0 saturated carbocycles. The minimum atomic E-state index is -1.12. The summed E-state index contributed by atoms with van der Waals surface area (Å²) in [4.78, 5) is 32.8. The molecule has 0 aromatic rings. The second-order valence-corrected chi connectivity index (χ2v) is 7.01. The van der Waals surface area contributed by atoms with E-state index in [1.54, 1.807) is 0 Å². The van der Waals surface area contributed by atoms with Crippen LogP contribution in [0.25, 0.3) is 0 Å². The van der Waals surface area contributed by atoms with Crippen LogP contribution in [0.3, 0.4) is 0 Å². The maximum atomic E-state index is 11.1. The van der Waals surface area contributed by atoms with Crippen LogP contribution in [-0.2, 0) is 23.9 Å². The second-order valence-electron chi connectivity index (χ2n) is 3.19. The molecule has 2 saturated heterocycles. The number of rotatable bonds is 2.